The number of alkyl halides is 3. The van der Waals surface area contributed by atoms with Crippen LogP contribution < -0.4 is 20.7 Å². The maximum absolute atomic E-state index is 13.3. The average Bonchev–Trinajstić information content (AvgIpc) is 3.16. The Balaban J connectivity index is 1.89. The number of pyridine rings is 1. The Bertz CT molecular complexity index is 1530. The summed E-state index contributed by atoms with van der Waals surface area (Å²) in [6.07, 6.45) is -1.83. The van der Waals surface area contributed by atoms with Gasteiger partial charge in [0.2, 0.25) is 0 Å². The number of aryl methyl sites for hydroxylation is 1. The van der Waals surface area contributed by atoms with E-state index in [0.717, 1.165) is 21.3 Å². The molecule has 4 rings (SSSR count). The van der Waals surface area contributed by atoms with Crippen LogP contribution in [0.15, 0.2) is 52.3 Å². The van der Waals surface area contributed by atoms with Crippen LogP contribution in [0.5, 0.6) is 17.5 Å². The first-order valence-corrected chi connectivity index (χ1v) is 10.9. The minimum absolute atomic E-state index is 0.000569. The van der Waals surface area contributed by atoms with Crippen molar-refractivity contribution in [2.75, 3.05) is 6.61 Å². The first-order valence-electron chi connectivity index (χ1n) is 10.5. The molecule has 14 heteroatoms. The zero-order valence-corrected chi connectivity index (χ0v) is 19.5. The van der Waals surface area contributed by atoms with Gasteiger partial charge in [0, 0.05) is 38.7 Å². The van der Waals surface area contributed by atoms with Crippen molar-refractivity contribution >= 4 is 22.8 Å². The van der Waals surface area contributed by atoms with E-state index in [1.807, 2.05) is 0 Å². The van der Waals surface area contributed by atoms with Gasteiger partial charge < -0.3 is 14.6 Å². The molecule has 0 fully saturated rings. The number of aliphatic hydroxyl groups is 1. The normalized spacial score (nSPS) is 11.7. The molecule has 0 aliphatic heterocycles. The average molecular weight is 526 g/mol. The summed E-state index contributed by atoms with van der Waals surface area (Å²) < 4.78 is 51.2. The molecule has 190 valence electrons. The maximum atomic E-state index is 13.3. The van der Waals surface area contributed by atoms with Gasteiger partial charge in [-0.25, -0.2) is 4.79 Å². The van der Waals surface area contributed by atoms with Crippen LogP contribution in [0.1, 0.15) is 12.0 Å². The smallest absolute Gasteiger partial charge is 0.425 e. The largest absolute Gasteiger partial charge is 0.573 e. The van der Waals surface area contributed by atoms with Crippen molar-refractivity contribution in [2.45, 2.75) is 25.9 Å². The molecular weight excluding hydrogens is 507 g/mol. The van der Waals surface area contributed by atoms with E-state index in [1.165, 1.54) is 36.1 Å². The van der Waals surface area contributed by atoms with Crippen LogP contribution in [0, 0.1) is 0 Å². The van der Waals surface area contributed by atoms with E-state index in [9.17, 15) is 27.9 Å². The molecule has 0 saturated heterocycles. The molecule has 3 heterocycles. The molecular formula is C22H19ClF3N5O5. The zero-order chi connectivity index (χ0) is 26.0. The Hall–Kier alpha value is -3.84. The SMILES string of the molecule is Cn1c(=O)n(CCCO)c(=O)c2c1nc(Oc1cccc(OC(F)(F)F)c1)n2Cc1ccncc1Cl. The van der Waals surface area contributed by atoms with E-state index in [2.05, 4.69) is 14.7 Å². The molecule has 4 aromatic rings. The molecule has 0 aliphatic carbocycles. The van der Waals surface area contributed by atoms with Gasteiger partial charge in [-0.2, -0.15) is 4.98 Å². The number of aliphatic hydroxyl groups excluding tert-OH is 1. The summed E-state index contributed by atoms with van der Waals surface area (Å²) in [7, 11) is 1.41. The molecule has 0 atom stereocenters. The molecule has 0 radical (unpaired) electrons. The summed E-state index contributed by atoms with van der Waals surface area (Å²) in [5.41, 5.74) is -0.795. The lowest BCUT2D eigenvalue weighted by Crippen LogP contribution is -2.39. The highest BCUT2D eigenvalue weighted by Crippen LogP contribution is 2.30. The van der Waals surface area contributed by atoms with Gasteiger partial charge in [-0.3, -0.25) is 23.5 Å². The number of halogens is 4. The van der Waals surface area contributed by atoms with Crippen molar-refractivity contribution in [3.8, 4) is 17.5 Å². The number of aromatic nitrogens is 5. The van der Waals surface area contributed by atoms with Gasteiger partial charge >= 0.3 is 18.1 Å². The number of hydrogen-bond donors (Lipinski definition) is 1. The third-order valence-electron chi connectivity index (χ3n) is 5.17. The van der Waals surface area contributed by atoms with Gasteiger partial charge in [0.25, 0.3) is 5.56 Å². The van der Waals surface area contributed by atoms with Crippen molar-refractivity contribution < 1.29 is 27.8 Å². The lowest BCUT2D eigenvalue weighted by molar-refractivity contribution is -0.274. The predicted octanol–water partition coefficient (Wildman–Crippen LogP) is 3.07. The van der Waals surface area contributed by atoms with E-state index in [0.29, 0.717) is 5.56 Å². The third-order valence-corrected chi connectivity index (χ3v) is 5.51. The second-order valence-corrected chi connectivity index (χ2v) is 8.03. The Morgan fingerprint density at radius 2 is 1.89 bits per heavy atom. The van der Waals surface area contributed by atoms with Gasteiger partial charge in [-0.05, 0) is 30.2 Å². The van der Waals surface area contributed by atoms with Crippen molar-refractivity contribution in [1.29, 1.82) is 0 Å². The molecule has 0 amide bonds. The van der Waals surface area contributed by atoms with E-state index < -0.39 is 23.4 Å². The van der Waals surface area contributed by atoms with Gasteiger partial charge in [0.1, 0.15) is 11.5 Å². The number of rotatable bonds is 8. The minimum Gasteiger partial charge on any atom is -0.425 e. The highest BCUT2D eigenvalue weighted by atomic mass is 35.5. The fourth-order valence-corrected chi connectivity index (χ4v) is 3.72. The Kier molecular flexibility index (Phi) is 7.04. The Morgan fingerprint density at radius 3 is 2.58 bits per heavy atom. The van der Waals surface area contributed by atoms with E-state index in [-0.39, 0.29) is 54.1 Å². The molecule has 0 aliphatic rings. The summed E-state index contributed by atoms with van der Waals surface area (Å²) in [5.74, 6) is -0.571. The zero-order valence-electron chi connectivity index (χ0n) is 18.7. The fraction of sp³-hybridized carbons (Fsp3) is 0.273. The predicted molar refractivity (Wildman–Crippen MR) is 122 cm³/mol. The lowest BCUT2D eigenvalue weighted by Gasteiger charge is -2.13. The Morgan fingerprint density at radius 1 is 1.14 bits per heavy atom. The molecule has 0 spiro atoms. The van der Waals surface area contributed by atoms with Gasteiger partial charge in [0.05, 0.1) is 11.6 Å². The molecule has 0 bridgehead atoms. The highest BCUT2D eigenvalue weighted by Gasteiger charge is 2.31. The van der Waals surface area contributed by atoms with Crippen molar-refractivity contribution in [2.24, 2.45) is 7.05 Å². The van der Waals surface area contributed by atoms with Gasteiger partial charge in [0.15, 0.2) is 11.2 Å². The molecule has 36 heavy (non-hydrogen) atoms. The molecule has 0 saturated carbocycles. The first-order chi connectivity index (χ1) is 17.1. The molecule has 10 nitrogen and oxygen atoms in total. The molecule has 1 aromatic carbocycles. The molecule has 1 N–H and O–H groups in total. The van der Waals surface area contributed by atoms with Crippen molar-refractivity contribution in [1.82, 2.24) is 23.7 Å². The first kappa shape index (κ1) is 25.3. The standard InChI is InChI=1S/C22H19ClF3N5O5/c1-29-18-17(19(33)30(21(29)34)8-3-9-32)31(12-13-6-7-27-11-16(13)23)20(28-18)35-14-4-2-5-15(10-14)36-22(24,25)26/h2,4-7,10-11,32H,3,8-9,12H2,1H3. The van der Waals surface area contributed by atoms with Gasteiger partial charge in [-0.1, -0.05) is 17.7 Å². The van der Waals surface area contributed by atoms with Crippen LogP contribution in [-0.4, -0.2) is 41.7 Å². The Labute approximate surface area is 205 Å². The van der Waals surface area contributed by atoms with E-state index >= 15 is 0 Å². The highest BCUT2D eigenvalue weighted by molar-refractivity contribution is 6.31. The fourth-order valence-electron chi connectivity index (χ4n) is 3.54. The van der Waals surface area contributed by atoms with Crippen LogP contribution in [0.3, 0.4) is 0 Å². The topological polar surface area (TPSA) is 113 Å². The second-order valence-electron chi connectivity index (χ2n) is 7.62. The summed E-state index contributed by atoms with van der Waals surface area (Å²) in [4.78, 5) is 34.3. The van der Waals surface area contributed by atoms with Gasteiger partial charge in [-0.15, -0.1) is 13.2 Å². The van der Waals surface area contributed by atoms with E-state index in [1.54, 1.807) is 6.07 Å². The number of imidazole rings is 1. The number of fused-ring (bicyclic) bond motifs is 1. The summed E-state index contributed by atoms with van der Waals surface area (Å²) in [6.45, 7) is -0.296. The summed E-state index contributed by atoms with van der Waals surface area (Å²) in [6, 6.07) is 6.22. The van der Waals surface area contributed by atoms with Crippen LogP contribution >= 0.6 is 11.6 Å². The molecule has 0 unspecified atom stereocenters. The molecule has 3 aromatic heterocycles. The number of hydrogen-bond acceptors (Lipinski definition) is 7. The van der Waals surface area contributed by atoms with Crippen molar-refractivity contribution in [3.63, 3.8) is 0 Å². The number of benzene rings is 1. The maximum Gasteiger partial charge on any atom is 0.573 e. The van der Waals surface area contributed by atoms with Crippen LogP contribution in [0.4, 0.5) is 13.2 Å². The van der Waals surface area contributed by atoms with Crippen LogP contribution in [0.25, 0.3) is 11.2 Å². The third kappa shape index (κ3) is 5.21. The minimum atomic E-state index is -4.90. The summed E-state index contributed by atoms with van der Waals surface area (Å²) >= 11 is 6.26. The summed E-state index contributed by atoms with van der Waals surface area (Å²) in [5, 5.41) is 9.46. The number of ether oxygens (including phenoxy) is 2. The monoisotopic (exact) mass is 525 g/mol. The number of nitrogens with zero attached hydrogens (tertiary/aromatic N) is 5. The van der Waals surface area contributed by atoms with Crippen LogP contribution in [0.2, 0.25) is 5.02 Å². The quantitative estimate of drug-likeness (QED) is 0.376. The van der Waals surface area contributed by atoms with Crippen molar-refractivity contribution in [3.05, 3.63) is 74.1 Å². The van der Waals surface area contributed by atoms with Crippen LogP contribution in [-0.2, 0) is 20.1 Å². The second kappa shape index (κ2) is 10.0. The van der Waals surface area contributed by atoms with E-state index in [4.69, 9.17) is 16.3 Å². The lowest BCUT2D eigenvalue weighted by atomic mass is 10.2.